The molecule has 1 aliphatic heterocycles. The minimum absolute atomic E-state index is 0.194. The van der Waals surface area contributed by atoms with Gasteiger partial charge in [-0.2, -0.15) is 0 Å². The van der Waals surface area contributed by atoms with Crippen molar-refractivity contribution >= 4 is 23.0 Å². The highest BCUT2D eigenvalue weighted by atomic mass is 32.1. The maximum Gasteiger partial charge on any atom is 0.126 e. The van der Waals surface area contributed by atoms with Gasteiger partial charge in [0.05, 0.1) is 18.4 Å². The number of hydrogen-bond donors (Lipinski definition) is 2. The van der Waals surface area contributed by atoms with Gasteiger partial charge < -0.3 is 20.7 Å². The molecule has 1 unspecified atom stereocenters. The molecule has 1 aromatic rings. The van der Waals surface area contributed by atoms with Crippen molar-refractivity contribution in [2.45, 2.75) is 6.10 Å². The number of nitrogens with one attached hydrogen (secondary N) is 1. The molecule has 5 nitrogen and oxygen atoms in total. The maximum absolute atomic E-state index is 5.67. The number of hydrogen-bond acceptors (Lipinski definition) is 5. The van der Waals surface area contributed by atoms with Gasteiger partial charge in [0.25, 0.3) is 0 Å². The summed E-state index contributed by atoms with van der Waals surface area (Å²) in [6.07, 6.45) is 0.194. The number of ether oxygens (including phenoxy) is 1. The molecule has 2 heterocycles. The summed E-state index contributed by atoms with van der Waals surface area (Å²) < 4.78 is 5.67. The topological polar surface area (TPSA) is 63.4 Å². The van der Waals surface area contributed by atoms with Crippen LogP contribution >= 0.6 is 12.2 Å². The Morgan fingerprint density at radius 1 is 1.67 bits per heavy atom. The zero-order valence-corrected chi connectivity index (χ0v) is 11.2. The molecular weight excluding hydrogens is 248 g/mol. The van der Waals surface area contributed by atoms with Crippen LogP contribution in [0.1, 0.15) is 5.69 Å². The van der Waals surface area contributed by atoms with Gasteiger partial charge in [0.2, 0.25) is 0 Å². The molecule has 1 atom stereocenters. The predicted octanol–water partition coefficient (Wildman–Crippen LogP) is 0.458. The van der Waals surface area contributed by atoms with Crippen LogP contribution in [0.3, 0.4) is 0 Å². The molecule has 0 spiro atoms. The molecule has 1 fully saturated rings. The summed E-state index contributed by atoms with van der Waals surface area (Å²) in [6.45, 7) is 3.44. The molecular formula is C12H18N4OS. The lowest BCUT2D eigenvalue weighted by molar-refractivity contribution is -0.0117. The van der Waals surface area contributed by atoms with Gasteiger partial charge >= 0.3 is 0 Å². The molecule has 18 heavy (non-hydrogen) atoms. The number of likely N-dealkylation sites (N-methyl/N-ethyl adjacent to an activating group) is 1. The fraction of sp³-hybridized carbons (Fsp3) is 0.500. The molecule has 0 amide bonds. The summed E-state index contributed by atoms with van der Waals surface area (Å²) in [6, 6.07) is 5.59. The Morgan fingerprint density at radius 2 is 2.50 bits per heavy atom. The number of aromatic nitrogens is 1. The summed E-state index contributed by atoms with van der Waals surface area (Å²) in [5.41, 5.74) is 6.19. The van der Waals surface area contributed by atoms with Gasteiger partial charge in [-0.25, -0.2) is 4.98 Å². The molecule has 1 saturated heterocycles. The smallest absolute Gasteiger partial charge is 0.126 e. The second-order valence-electron chi connectivity index (χ2n) is 4.41. The molecule has 0 saturated carbocycles. The van der Waals surface area contributed by atoms with Crippen molar-refractivity contribution < 1.29 is 4.74 Å². The Bertz CT molecular complexity index is 426. The second-order valence-corrected chi connectivity index (χ2v) is 4.85. The number of thiocarbonyl (C=S) groups is 1. The van der Waals surface area contributed by atoms with Gasteiger partial charge in [0.15, 0.2) is 0 Å². The van der Waals surface area contributed by atoms with Gasteiger partial charge in [-0.1, -0.05) is 18.3 Å². The number of morpholine rings is 1. The van der Waals surface area contributed by atoms with Crippen LogP contribution in [0.4, 0.5) is 5.82 Å². The molecule has 1 aliphatic rings. The third kappa shape index (κ3) is 3.63. The fourth-order valence-electron chi connectivity index (χ4n) is 1.88. The van der Waals surface area contributed by atoms with E-state index in [1.54, 1.807) is 6.07 Å². The Hall–Kier alpha value is -1.24. The first-order valence-corrected chi connectivity index (χ1v) is 6.37. The van der Waals surface area contributed by atoms with Crippen molar-refractivity contribution in [1.29, 1.82) is 0 Å². The standard InChI is InChI=1S/C12H18N4OS/c1-16-5-6-17-9(8-16)7-14-11-4-2-3-10(15-11)12(13)18/h2-4,9H,5-8H2,1H3,(H2,13,18)(H,14,15). The third-order valence-corrected chi connectivity index (χ3v) is 3.06. The van der Waals surface area contributed by atoms with E-state index in [1.807, 2.05) is 12.1 Å². The van der Waals surface area contributed by atoms with Crippen LogP contribution in [-0.2, 0) is 4.74 Å². The number of rotatable bonds is 4. The Kier molecular flexibility index (Phi) is 4.46. The van der Waals surface area contributed by atoms with E-state index in [0.717, 1.165) is 32.1 Å². The van der Waals surface area contributed by atoms with Crippen LogP contribution in [0.25, 0.3) is 0 Å². The average Bonchev–Trinajstić information content (AvgIpc) is 2.37. The molecule has 1 aromatic heterocycles. The largest absolute Gasteiger partial charge is 0.388 e. The van der Waals surface area contributed by atoms with Crippen LogP contribution in [0.2, 0.25) is 0 Å². The summed E-state index contributed by atoms with van der Waals surface area (Å²) in [5, 5.41) is 3.25. The lowest BCUT2D eigenvalue weighted by Gasteiger charge is -2.30. The summed E-state index contributed by atoms with van der Waals surface area (Å²) in [5.74, 6) is 0.775. The van der Waals surface area contributed by atoms with Gasteiger partial charge in [-0.15, -0.1) is 0 Å². The molecule has 98 valence electrons. The Balaban J connectivity index is 1.89. The minimum Gasteiger partial charge on any atom is -0.388 e. The second kappa shape index (κ2) is 6.08. The number of nitrogens with two attached hydrogens (primary N) is 1. The number of anilines is 1. The van der Waals surface area contributed by atoms with E-state index in [-0.39, 0.29) is 6.10 Å². The quantitative estimate of drug-likeness (QED) is 0.772. The third-order valence-electron chi connectivity index (χ3n) is 2.85. The molecule has 0 aromatic carbocycles. The first-order chi connectivity index (χ1) is 8.65. The van der Waals surface area contributed by atoms with Crippen LogP contribution in [0.5, 0.6) is 0 Å². The first-order valence-electron chi connectivity index (χ1n) is 5.96. The van der Waals surface area contributed by atoms with E-state index >= 15 is 0 Å². The van der Waals surface area contributed by atoms with Crippen molar-refractivity contribution in [2.24, 2.45) is 5.73 Å². The molecule has 6 heteroatoms. The zero-order valence-electron chi connectivity index (χ0n) is 10.4. The minimum atomic E-state index is 0.194. The highest BCUT2D eigenvalue weighted by Crippen LogP contribution is 2.07. The molecule has 3 N–H and O–H groups in total. The van der Waals surface area contributed by atoms with Gasteiger partial charge in [-0.3, -0.25) is 0 Å². The number of pyridine rings is 1. The Morgan fingerprint density at radius 3 is 3.22 bits per heavy atom. The van der Waals surface area contributed by atoms with Crippen molar-refractivity contribution in [3.05, 3.63) is 23.9 Å². The van der Waals surface area contributed by atoms with Gasteiger partial charge in [-0.05, 0) is 19.2 Å². The molecule has 0 aliphatic carbocycles. The monoisotopic (exact) mass is 266 g/mol. The zero-order chi connectivity index (χ0) is 13.0. The van der Waals surface area contributed by atoms with Crippen molar-refractivity contribution in [3.8, 4) is 0 Å². The van der Waals surface area contributed by atoms with Crippen molar-refractivity contribution in [3.63, 3.8) is 0 Å². The number of nitrogens with zero attached hydrogens (tertiary/aromatic N) is 2. The SMILES string of the molecule is CN1CCOC(CNc2cccc(C(N)=S)n2)C1. The van der Waals surface area contributed by atoms with E-state index in [4.69, 9.17) is 22.7 Å². The van der Waals surface area contributed by atoms with Crippen molar-refractivity contribution in [1.82, 2.24) is 9.88 Å². The van der Waals surface area contributed by atoms with Crippen LogP contribution < -0.4 is 11.1 Å². The molecule has 0 bridgehead atoms. The van der Waals surface area contributed by atoms with Crippen LogP contribution in [-0.4, -0.2) is 54.3 Å². The lowest BCUT2D eigenvalue weighted by atomic mass is 10.3. The lowest BCUT2D eigenvalue weighted by Crippen LogP contribution is -2.43. The summed E-state index contributed by atoms with van der Waals surface area (Å²) in [4.78, 5) is 6.90. The van der Waals surface area contributed by atoms with Crippen LogP contribution in [0.15, 0.2) is 18.2 Å². The van der Waals surface area contributed by atoms with E-state index in [1.165, 1.54) is 0 Å². The normalized spacial score (nSPS) is 20.6. The van der Waals surface area contributed by atoms with Crippen LogP contribution in [0, 0.1) is 0 Å². The predicted molar refractivity (Wildman–Crippen MR) is 75.9 cm³/mol. The van der Waals surface area contributed by atoms with Gasteiger partial charge in [0.1, 0.15) is 10.8 Å². The Labute approximate surface area is 112 Å². The molecule has 2 rings (SSSR count). The first kappa shape index (κ1) is 13.2. The molecule has 0 radical (unpaired) electrons. The summed E-state index contributed by atoms with van der Waals surface area (Å²) in [7, 11) is 2.10. The maximum atomic E-state index is 5.67. The highest BCUT2D eigenvalue weighted by molar-refractivity contribution is 7.80. The van der Waals surface area contributed by atoms with E-state index in [2.05, 4.69) is 22.2 Å². The highest BCUT2D eigenvalue weighted by Gasteiger charge is 2.17. The van der Waals surface area contributed by atoms with Gasteiger partial charge in [0, 0.05) is 19.6 Å². The fourth-order valence-corrected chi connectivity index (χ4v) is 1.99. The van der Waals surface area contributed by atoms with E-state index in [9.17, 15) is 0 Å². The van der Waals surface area contributed by atoms with E-state index in [0.29, 0.717) is 10.7 Å². The van der Waals surface area contributed by atoms with Crippen molar-refractivity contribution in [2.75, 3.05) is 38.6 Å². The average molecular weight is 266 g/mol. The van der Waals surface area contributed by atoms with E-state index < -0.39 is 0 Å². The summed E-state index contributed by atoms with van der Waals surface area (Å²) >= 11 is 4.90.